The van der Waals surface area contributed by atoms with Crippen LogP contribution in [-0.2, 0) is 17.6 Å². The summed E-state index contributed by atoms with van der Waals surface area (Å²) in [5.74, 6) is 1.35. The van der Waals surface area contributed by atoms with E-state index in [2.05, 4.69) is 32.1 Å². The van der Waals surface area contributed by atoms with Gasteiger partial charge in [-0.3, -0.25) is 9.69 Å². The van der Waals surface area contributed by atoms with E-state index in [0.29, 0.717) is 24.5 Å². The zero-order valence-electron chi connectivity index (χ0n) is 18.0. The third-order valence-corrected chi connectivity index (χ3v) is 8.46. The molecule has 1 saturated carbocycles. The standard InChI is InChI=1S/C23H33N5OS/c1-27(14-20(29)28-12-3-2-4-13-28)17-10-8-16(9-11-17)26-22-21-18-6-5-7-19(18)30-23(21)25-15-24-22/h15-17H,2-14H2,1H3,(H,24,25,26)/t16-,17-. The van der Waals surface area contributed by atoms with Crippen molar-refractivity contribution in [2.75, 3.05) is 32.0 Å². The summed E-state index contributed by atoms with van der Waals surface area (Å²) in [5.41, 5.74) is 1.49. The first-order chi connectivity index (χ1) is 14.7. The van der Waals surface area contributed by atoms with E-state index in [1.165, 1.54) is 41.5 Å². The summed E-state index contributed by atoms with van der Waals surface area (Å²) < 4.78 is 0. The van der Waals surface area contributed by atoms with E-state index >= 15 is 0 Å². The SMILES string of the molecule is CN(CC(=O)N1CCCCC1)[C@H]1CC[C@H](Nc2ncnc3sc4c(c23)CCC4)CC1. The molecule has 2 fully saturated rings. The molecule has 0 unspecified atom stereocenters. The molecule has 7 heteroatoms. The van der Waals surface area contributed by atoms with Crippen molar-refractivity contribution in [2.45, 2.75) is 76.3 Å². The molecule has 3 aliphatic rings. The van der Waals surface area contributed by atoms with Crippen molar-refractivity contribution in [1.82, 2.24) is 19.8 Å². The van der Waals surface area contributed by atoms with Gasteiger partial charge < -0.3 is 10.2 Å². The van der Waals surface area contributed by atoms with Gasteiger partial charge in [-0.05, 0) is 76.8 Å². The van der Waals surface area contributed by atoms with Gasteiger partial charge in [-0.1, -0.05) is 0 Å². The zero-order chi connectivity index (χ0) is 20.5. The molecular weight excluding hydrogens is 394 g/mol. The summed E-state index contributed by atoms with van der Waals surface area (Å²) in [5, 5.41) is 5.03. The molecule has 6 nitrogen and oxygen atoms in total. The summed E-state index contributed by atoms with van der Waals surface area (Å²) >= 11 is 1.85. The maximum atomic E-state index is 12.6. The van der Waals surface area contributed by atoms with Crippen LogP contribution in [0.4, 0.5) is 5.82 Å². The van der Waals surface area contributed by atoms with Crippen molar-refractivity contribution in [3.63, 3.8) is 0 Å². The number of hydrogen-bond donors (Lipinski definition) is 1. The first kappa shape index (κ1) is 20.2. The van der Waals surface area contributed by atoms with Crippen molar-refractivity contribution in [3.8, 4) is 0 Å². The van der Waals surface area contributed by atoms with Crippen LogP contribution in [0.2, 0.25) is 0 Å². The number of likely N-dealkylation sites (tertiary alicyclic amines) is 1. The van der Waals surface area contributed by atoms with Gasteiger partial charge in [0.2, 0.25) is 5.91 Å². The first-order valence-electron chi connectivity index (χ1n) is 11.7. The van der Waals surface area contributed by atoms with E-state index < -0.39 is 0 Å². The Morgan fingerprint density at radius 1 is 1.13 bits per heavy atom. The van der Waals surface area contributed by atoms with Crippen molar-refractivity contribution < 1.29 is 4.79 Å². The highest BCUT2D eigenvalue weighted by atomic mass is 32.1. The van der Waals surface area contributed by atoms with Crippen molar-refractivity contribution in [2.24, 2.45) is 0 Å². The van der Waals surface area contributed by atoms with E-state index in [4.69, 9.17) is 0 Å². The van der Waals surface area contributed by atoms with Crippen LogP contribution in [0.25, 0.3) is 10.2 Å². The van der Waals surface area contributed by atoms with Crippen LogP contribution in [0.3, 0.4) is 0 Å². The quantitative estimate of drug-likeness (QED) is 0.785. The molecule has 1 amide bonds. The van der Waals surface area contributed by atoms with Gasteiger partial charge in [-0.25, -0.2) is 9.97 Å². The predicted molar refractivity (Wildman–Crippen MR) is 122 cm³/mol. The lowest BCUT2D eigenvalue weighted by Crippen LogP contribution is -2.46. The minimum Gasteiger partial charge on any atom is -0.367 e. The van der Waals surface area contributed by atoms with Crippen LogP contribution in [-0.4, -0.2) is 64.4 Å². The number of nitrogens with one attached hydrogen (secondary N) is 1. The Morgan fingerprint density at radius 2 is 1.93 bits per heavy atom. The van der Waals surface area contributed by atoms with Gasteiger partial charge >= 0.3 is 0 Å². The molecule has 162 valence electrons. The van der Waals surface area contributed by atoms with Crippen LogP contribution in [0.1, 0.15) is 61.8 Å². The molecule has 2 aromatic rings. The van der Waals surface area contributed by atoms with E-state index in [0.717, 1.165) is 62.3 Å². The molecule has 0 bridgehead atoms. The fourth-order valence-electron chi connectivity index (χ4n) is 5.48. The molecular formula is C23H33N5OS. The Hall–Kier alpha value is -1.73. The average Bonchev–Trinajstić information content (AvgIpc) is 3.36. The number of piperidine rings is 1. The number of nitrogens with zero attached hydrogens (tertiary/aromatic N) is 4. The molecule has 1 aliphatic heterocycles. The Kier molecular flexibility index (Phi) is 5.92. The predicted octanol–water partition coefficient (Wildman–Crippen LogP) is 3.85. The van der Waals surface area contributed by atoms with E-state index in [9.17, 15) is 4.79 Å². The monoisotopic (exact) mass is 427 g/mol. The van der Waals surface area contributed by atoms with E-state index in [-0.39, 0.29) is 0 Å². The smallest absolute Gasteiger partial charge is 0.236 e. The summed E-state index contributed by atoms with van der Waals surface area (Å²) in [6.45, 7) is 2.46. The fraction of sp³-hybridized carbons (Fsp3) is 0.696. The van der Waals surface area contributed by atoms with Crippen LogP contribution < -0.4 is 5.32 Å². The number of amides is 1. The van der Waals surface area contributed by atoms with E-state index in [1.807, 2.05) is 11.3 Å². The minimum absolute atomic E-state index is 0.312. The van der Waals surface area contributed by atoms with Gasteiger partial charge in [0.15, 0.2) is 0 Å². The molecule has 2 aliphatic carbocycles. The molecule has 30 heavy (non-hydrogen) atoms. The van der Waals surface area contributed by atoms with Crippen molar-refractivity contribution in [3.05, 3.63) is 16.8 Å². The van der Waals surface area contributed by atoms with Crippen LogP contribution in [0.15, 0.2) is 6.33 Å². The number of thiophene rings is 1. The third-order valence-electron chi connectivity index (χ3n) is 7.26. The van der Waals surface area contributed by atoms with E-state index in [1.54, 1.807) is 6.33 Å². The zero-order valence-corrected chi connectivity index (χ0v) is 18.8. The molecule has 1 saturated heterocycles. The lowest BCUT2D eigenvalue weighted by molar-refractivity contribution is -0.133. The number of hydrogen-bond acceptors (Lipinski definition) is 6. The number of aryl methyl sites for hydroxylation is 2. The Labute approximate surface area is 183 Å². The van der Waals surface area contributed by atoms with Crippen molar-refractivity contribution in [1.29, 1.82) is 0 Å². The number of anilines is 1. The Morgan fingerprint density at radius 3 is 2.73 bits per heavy atom. The highest BCUT2D eigenvalue weighted by Crippen LogP contribution is 2.39. The first-order valence-corrected chi connectivity index (χ1v) is 12.5. The normalized spacial score (nSPS) is 24.4. The molecule has 0 spiro atoms. The number of carbonyl (C=O) groups is 1. The van der Waals surface area contributed by atoms with Crippen LogP contribution in [0, 0.1) is 0 Å². The number of fused-ring (bicyclic) bond motifs is 3. The van der Waals surface area contributed by atoms with Crippen molar-refractivity contribution >= 4 is 33.3 Å². The second kappa shape index (κ2) is 8.79. The lowest BCUT2D eigenvalue weighted by Gasteiger charge is -2.36. The summed E-state index contributed by atoms with van der Waals surface area (Å²) in [7, 11) is 2.13. The number of aromatic nitrogens is 2. The Bertz CT molecular complexity index is 898. The lowest BCUT2D eigenvalue weighted by atomic mass is 9.90. The molecule has 1 N–H and O–H groups in total. The van der Waals surface area contributed by atoms with Gasteiger partial charge in [0, 0.05) is 30.1 Å². The second-order valence-corrected chi connectivity index (χ2v) is 10.3. The van der Waals surface area contributed by atoms with Crippen LogP contribution >= 0.6 is 11.3 Å². The topological polar surface area (TPSA) is 61.4 Å². The minimum atomic E-state index is 0.312. The maximum absolute atomic E-state index is 12.6. The summed E-state index contributed by atoms with van der Waals surface area (Å²) in [6, 6.07) is 0.968. The molecule has 3 heterocycles. The molecule has 2 aromatic heterocycles. The number of carbonyl (C=O) groups excluding carboxylic acids is 1. The number of rotatable bonds is 5. The summed E-state index contributed by atoms with van der Waals surface area (Å²) in [6.07, 6.45) is 13.5. The van der Waals surface area contributed by atoms with Gasteiger partial charge in [0.05, 0.1) is 11.9 Å². The van der Waals surface area contributed by atoms with Crippen LogP contribution in [0.5, 0.6) is 0 Å². The van der Waals surface area contributed by atoms with Gasteiger partial charge in [-0.2, -0.15) is 0 Å². The second-order valence-electron chi connectivity index (χ2n) is 9.27. The molecule has 0 aromatic carbocycles. The highest BCUT2D eigenvalue weighted by Gasteiger charge is 2.28. The number of likely N-dealkylation sites (N-methyl/N-ethyl adjacent to an activating group) is 1. The third kappa shape index (κ3) is 4.06. The summed E-state index contributed by atoms with van der Waals surface area (Å²) in [4.78, 5) is 28.8. The Balaban J connectivity index is 1.17. The van der Waals surface area contributed by atoms with Gasteiger partial charge in [0.25, 0.3) is 0 Å². The molecule has 0 atom stereocenters. The maximum Gasteiger partial charge on any atom is 0.236 e. The molecule has 0 radical (unpaired) electrons. The fourth-order valence-corrected chi connectivity index (χ4v) is 6.71. The largest absolute Gasteiger partial charge is 0.367 e. The molecule has 5 rings (SSSR count). The van der Waals surface area contributed by atoms with Gasteiger partial charge in [-0.15, -0.1) is 11.3 Å². The average molecular weight is 428 g/mol. The van der Waals surface area contributed by atoms with Gasteiger partial charge in [0.1, 0.15) is 17.0 Å². The highest BCUT2D eigenvalue weighted by molar-refractivity contribution is 7.19.